The van der Waals surface area contributed by atoms with Gasteiger partial charge in [-0.1, -0.05) is 24.3 Å². The van der Waals surface area contributed by atoms with E-state index >= 15 is 0 Å². The summed E-state index contributed by atoms with van der Waals surface area (Å²) in [6.07, 6.45) is 2.76. The Morgan fingerprint density at radius 1 is 1.32 bits per heavy atom. The number of ether oxygens (including phenoxy) is 1. The van der Waals surface area contributed by atoms with Crippen LogP contribution in [0.25, 0.3) is 0 Å². The van der Waals surface area contributed by atoms with Crippen LogP contribution in [0.1, 0.15) is 35.8 Å². The second-order valence-electron chi connectivity index (χ2n) is 6.74. The van der Waals surface area contributed by atoms with E-state index in [2.05, 4.69) is 11.9 Å². The molecule has 5 nitrogen and oxygen atoms in total. The number of hydrogen-bond donors (Lipinski definition) is 2. The van der Waals surface area contributed by atoms with Gasteiger partial charge in [0.1, 0.15) is 18.1 Å². The zero-order chi connectivity index (χ0) is 15.4. The van der Waals surface area contributed by atoms with Crippen molar-refractivity contribution in [3.8, 4) is 0 Å². The lowest BCUT2D eigenvalue weighted by molar-refractivity contribution is -0.139. The summed E-state index contributed by atoms with van der Waals surface area (Å²) in [4.78, 5) is 13.9. The first-order valence-electron chi connectivity index (χ1n) is 7.91. The Labute approximate surface area is 129 Å². The molecule has 1 aromatic carbocycles. The summed E-state index contributed by atoms with van der Waals surface area (Å²) < 4.78 is 5.74. The monoisotopic (exact) mass is 303 g/mol. The third kappa shape index (κ3) is 2.00. The van der Waals surface area contributed by atoms with Gasteiger partial charge in [-0.05, 0) is 36.9 Å². The Morgan fingerprint density at radius 2 is 1.95 bits per heavy atom. The number of aliphatic hydroxyl groups is 1. The molecular formula is C17H21NO4. The van der Waals surface area contributed by atoms with Crippen LogP contribution in [0.15, 0.2) is 24.3 Å². The summed E-state index contributed by atoms with van der Waals surface area (Å²) in [5, 5.41) is 18.8. The molecule has 0 spiro atoms. The van der Waals surface area contributed by atoms with Crippen molar-refractivity contribution in [3.63, 3.8) is 0 Å². The molecule has 118 valence electrons. The number of morpholine rings is 1. The number of nitrogens with zero attached hydrogens (tertiary/aromatic N) is 1. The van der Waals surface area contributed by atoms with Crippen molar-refractivity contribution in [1.29, 1.82) is 0 Å². The van der Waals surface area contributed by atoms with Crippen LogP contribution in [-0.2, 0) is 9.53 Å². The zero-order valence-corrected chi connectivity index (χ0v) is 12.6. The molecule has 2 N–H and O–H groups in total. The van der Waals surface area contributed by atoms with Crippen molar-refractivity contribution < 1.29 is 19.7 Å². The Hall–Kier alpha value is -1.43. The van der Waals surface area contributed by atoms with Crippen molar-refractivity contribution >= 4 is 5.97 Å². The van der Waals surface area contributed by atoms with Crippen molar-refractivity contribution in [2.75, 3.05) is 13.7 Å². The number of carboxylic acid groups (broad SMARTS) is 1. The number of aliphatic carboxylic acids is 1. The molecular weight excluding hydrogens is 282 g/mol. The van der Waals surface area contributed by atoms with E-state index in [4.69, 9.17) is 4.74 Å². The van der Waals surface area contributed by atoms with Gasteiger partial charge in [0, 0.05) is 12.1 Å². The van der Waals surface area contributed by atoms with Crippen LogP contribution in [0.5, 0.6) is 0 Å². The molecule has 2 bridgehead atoms. The van der Waals surface area contributed by atoms with Crippen molar-refractivity contribution in [2.45, 2.75) is 49.0 Å². The van der Waals surface area contributed by atoms with E-state index in [1.807, 2.05) is 24.3 Å². The number of benzene rings is 1. The van der Waals surface area contributed by atoms with Crippen molar-refractivity contribution in [1.82, 2.24) is 4.90 Å². The molecule has 0 aliphatic carbocycles. The van der Waals surface area contributed by atoms with E-state index in [1.54, 1.807) is 0 Å². The minimum Gasteiger partial charge on any atom is -0.481 e. The molecule has 0 aromatic heterocycles. The highest BCUT2D eigenvalue weighted by Gasteiger charge is 2.62. The largest absolute Gasteiger partial charge is 0.481 e. The SMILES string of the molecule is CN1C2CC(c3ccccc3C(CO)C(=O)O)CC1C1OC12. The summed E-state index contributed by atoms with van der Waals surface area (Å²) >= 11 is 0. The van der Waals surface area contributed by atoms with Crippen LogP contribution in [0.4, 0.5) is 0 Å². The third-order valence-corrected chi connectivity index (χ3v) is 5.71. The fraction of sp³-hybridized carbons (Fsp3) is 0.588. The smallest absolute Gasteiger partial charge is 0.313 e. The van der Waals surface area contributed by atoms with Gasteiger partial charge in [0.25, 0.3) is 0 Å². The second kappa shape index (κ2) is 5.05. The van der Waals surface area contributed by atoms with Gasteiger partial charge in [0.2, 0.25) is 0 Å². The summed E-state index contributed by atoms with van der Waals surface area (Å²) in [7, 11) is 2.17. The van der Waals surface area contributed by atoms with Crippen LogP contribution in [-0.4, -0.2) is 59.0 Å². The number of fused-ring (bicyclic) bond motifs is 5. The summed E-state index contributed by atoms with van der Waals surface area (Å²) in [5.74, 6) is -1.44. The molecule has 1 aromatic rings. The number of aliphatic hydroxyl groups excluding tert-OH is 1. The fourth-order valence-electron chi connectivity index (χ4n) is 4.51. The number of carboxylic acids is 1. The van der Waals surface area contributed by atoms with Gasteiger partial charge in [-0.3, -0.25) is 9.69 Å². The molecule has 3 aliphatic heterocycles. The quantitative estimate of drug-likeness (QED) is 0.817. The van der Waals surface area contributed by atoms with E-state index in [0.29, 0.717) is 30.2 Å². The molecule has 3 saturated heterocycles. The first-order chi connectivity index (χ1) is 10.6. The number of epoxide rings is 1. The Bertz CT molecular complexity index is 586. The van der Waals surface area contributed by atoms with E-state index in [0.717, 1.165) is 24.0 Å². The third-order valence-electron chi connectivity index (χ3n) is 5.71. The summed E-state index contributed by atoms with van der Waals surface area (Å²) in [6, 6.07) is 8.59. The van der Waals surface area contributed by atoms with Crippen molar-refractivity contribution in [3.05, 3.63) is 35.4 Å². The van der Waals surface area contributed by atoms with Gasteiger partial charge in [-0.15, -0.1) is 0 Å². The maximum atomic E-state index is 11.4. The van der Waals surface area contributed by atoms with Crippen LogP contribution in [0.2, 0.25) is 0 Å². The summed E-state index contributed by atoms with van der Waals surface area (Å²) in [5.41, 5.74) is 1.86. The molecule has 3 heterocycles. The summed E-state index contributed by atoms with van der Waals surface area (Å²) in [6.45, 7) is -0.361. The van der Waals surface area contributed by atoms with E-state index < -0.39 is 11.9 Å². The van der Waals surface area contributed by atoms with E-state index in [1.165, 1.54) is 0 Å². The lowest BCUT2D eigenvalue weighted by Gasteiger charge is -2.39. The molecule has 4 rings (SSSR count). The predicted octanol–water partition coefficient (Wildman–Crippen LogP) is 1.17. The van der Waals surface area contributed by atoms with Gasteiger partial charge in [0.15, 0.2) is 0 Å². The van der Waals surface area contributed by atoms with Gasteiger partial charge in [-0.2, -0.15) is 0 Å². The highest BCUT2D eigenvalue weighted by Crippen LogP contribution is 2.52. The maximum absolute atomic E-state index is 11.4. The molecule has 22 heavy (non-hydrogen) atoms. The number of hydrogen-bond acceptors (Lipinski definition) is 4. The number of piperidine rings is 1. The Balaban J connectivity index is 1.65. The standard InChI is InChI=1S/C17H21NO4/c1-18-13-6-9(7-14(18)16-15(13)22-16)10-4-2-3-5-11(10)12(8-19)17(20)21/h2-5,9,12-16,19H,6-8H2,1H3,(H,20,21). The molecule has 3 fully saturated rings. The highest BCUT2D eigenvalue weighted by atomic mass is 16.6. The zero-order valence-electron chi connectivity index (χ0n) is 12.6. The van der Waals surface area contributed by atoms with Crippen LogP contribution >= 0.6 is 0 Å². The number of likely N-dealkylation sites (N-methyl/N-ethyl adjacent to an activating group) is 1. The molecule has 0 amide bonds. The minimum atomic E-state index is -0.961. The van der Waals surface area contributed by atoms with Gasteiger partial charge in [0.05, 0.1) is 6.61 Å². The highest BCUT2D eigenvalue weighted by molar-refractivity contribution is 5.77. The number of carbonyl (C=O) groups is 1. The van der Waals surface area contributed by atoms with Crippen LogP contribution in [0.3, 0.4) is 0 Å². The average Bonchev–Trinajstić information content (AvgIpc) is 3.25. The predicted molar refractivity (Wildman–Crippen MR) is 79.9 cm³/mol. The van der Waals surface area contributed by atoms with Crippen LogP contribution in [0, 0.1) is 0 Å². The van der Waals surface area contributed by atoms with Gasteiger partial charge >= 0.3 is 5.97 Å². The first-order valence-corrected chi connectivity index (χ1v) is 7.91. The van der Waals surface area contributed by atoms with Crippen molar-refractivity contribution in [2.24, 2.45) is 0 Å². The lowest BCUT2D eigenvalue weighted by atomic mass is 9.80. The topological polar surface area (TPSA) is 73.3 Å². The molecule has 5 unspecified atom stereocenters. The normalized spacial score (nSPS) is 37.6. The van der Waals surface area contributed by atoms with Gasteiger partial charge < -0.3 is 14.9 Å². The van der Waals surface area contributed by atoms with Crippen LogP contribution < -0.4 is 0 Å². The van der Waals surface area contributed by atoms with E-state index in [9.17, 15) is 15.0 Å². The number of rotatable bonds is 4. The minimum absolute atomic E-state index is 0.354. The Kier molecular flexibility index (Phi) is 3.25. The fourth-order valence-corrected chi connectivity index (χ4v) is 4.51. The van der Waals surface area contributed by atoms with E-state index in [-0.39, 0.29) is 6.61 Å². The van der Waals surface area contributed by atoms with Gasteiger partial charge in [-0.25, -0.2) is 0 Å². The second-order valence-corrected chi connectivity index (χ2v) is 6.74. The molecule has 5 atom stereocenters. The molecule has 5 heteroatoms. The lowest BCUT2D eigenvalue weighted by Crippen LogP contribution is -2.44. The molecule has 0 saturated carbocycles. The first kappa shape index (κ1) is 14.2. The Morgan fingerprint density at radius 3 is 2.55 bits per heavy atom. The molecule has 0 radical (unpaired) electrons. The average molecular weight is 303 g/mol. The maximum Gasteiger partial charge on any atom is 0.313 e. The molecule has 3 aliphatic rings.